The third kappa shape index (κ3) is 10.2. The van der Waals surface area contributed by atoms with Crippen LogP contribution in [0.1, 0.15) is 63.6 Å². The summed E-state index contributed by atoms with van der Waals surface area (Å²) in [6, 6.07) is 33.3. The maximum absolute atomic E-state index is 4.93. The number of hydrogen-bond donors (Lipinski definition) is 0. The molecule has 0 saturated heterocycles. The fourth-order valence-corrected chi connectivity index (χ4v) is 4.49. The monoisotopic (exact) mass is 650 g/mol. The molecule has 204 valence electrons. The van der Waals surface area contributed by atoms with Crippen LogP contribution in [0.3, 0.4) is 0 Å². The molecular formula is C35H42Cl2SiZr. The summed E-state index contributed by atoms with van der Waals surface area (Å²) in [5.41, 5.74) is 7.05. The van der Waals surface area contributed by atoms with Gasteiger partial charge in [0.05, 0.1) is 0 Å². The van der Waals surface area contributed by atoms with Crippen molar-refractivity contribution in [2.24, 2.45) is 0 Å². The maximum atomic E-state index is 4.93. The zero-order valence-electron chi connectivity index (χ0n) is 24.7. The van der Waals surface area contributed by atoms with Gasteiger partial charge in [-0.2, -0.15) is 12.1 Å². The van der Waals surface area contributed by atoms with Crippen molar-refractivity contribution in [1.82, 2.24) is 0 Å². The van der Waals surface area contributed by atoms with Crippen LogP contribution in [0.25, 0.3) is 32.7 Å². The molecular weight excluding hydrogens is 611 g/mol. The van der Waals surface area contributed by atoms with Gasteiger partial charge in [-0.1, -0.05) is 103 Å². The Balaban J connectivity index is 0.000000274. The van der Waals surface area contributed by atoms with Crippen LogP contribution in [0, 0.1) is 6.92 Å². The van der Waals surface area contributed by atoms with Crippen molar-refractivity contribution < 1.29 is 20.8 Å². The number of halogens is 2. The number of fused-ring (bicyclic) bond motifs is 2. The third-order valence-corrected chi connectivity index (χ3v) is 6.78. The molecule has 0 nitrogen and oxygen atoms in total. The molecule has 5 rings (SSSR count). The van der Waals surface area contributed by atoms with Crippen LogP contribution >= 0.6 is 17.0 Å². The second kappa shape index (κ2) is 16.7. The van der Waals surface area contributed by atoms with Crippen LogP contribution in [-0.4, -0.2) is 9.52 Å². The van der Waals surface area contributed by atoms with Crippen molar-refractivity contribution in [2.75, 3.05) is 0 Å². The summed E-state index contributed by atoms with van der Waals surface area (Å²) in [6.45, 7) is 17.8. The molecule has 0 amide bonds. The first kappa shape index (κ1) is 33.8. The van der Waals surface area contributed by atoms with E-state index in [1.54, 1.807) is 0 Å². The molecule has 1 atom stereocenters. The van der Waals surface area contributed by atoms with Crippen LogP contribution in [0.2, 0.25) is 13.1 Å². The number of benzene rings is 3. The molecule has 0 aromatic heterocycles. The fraction of sp³-hybridized carbons (Fsp3) is 0.314. The second-order valence-electron chi connectivity index (χ2n) is 11.0. The van der Waals surface area contributed by atoms with Gasteiger partial charge in [0.2, 0.25) is 0 Å². The first-order valence-corrected chi connectivity index (χ1v) is 21.9. The van der Waals surface area contributed by atoms with Gasteiger partial charge < -0.3 is 0 Å². The molecule has 5 aromatic rings. The van der Waals surface area contributed by atoms with E-state index in [2.05, 4.69) is 146 Å². The molecule has 0 heterocycles. The van der Waals surface area contributed by atoms with E-state index in [0.29, 0.717) is 5.92 Å². The first-order valence-electron chi connectivity index (χ1n) is 13.6. The van der Waals surface area contributed by atoms with E-state index in [-0.39, 0.29) is 5.41 Å². The average molecular weight is 653 g/mol. The summed E-state index contributed by atoms with van der Waals surface area (Å²) in [4.78, 5) is 0. The standard InChI is InChI=1S/C23H27.C10H9.C2H6Si.2ClH.Zr/c1-6-16(2)19-14-18-8-7-9-21(22(18)15-19)17-10-12-20(13-11-17)23(3,4)5;1-8-6-9-4-2-3-5-10(9)7-8;1-3-2;;;/h7-16H,6H2,1-5H3;2-7H,1H3;1-2H3;2*1H;/q2*-1;;;;+4/p-2. The Hall–Kier alpha value is -1.44. The van der Waals surface area contributed by atoms with E-state index < -0.39 is 20.8 Å². The Labute approximate surface area is 258 Å². The predicted molar refractivity (Wildman–Crippen MR) is 176 cm³/mol. The van der Waals surface area contributed by atoms with E-state index in [9.17, 15) is 0 Å². The molecule has 0 saturated carbocycles. The van der Waals surface area contributed by atoms with Gasteiger partial charge in [-0.15, -0.1) is 75.1 Å². The van der Waals surface area contributed by atoms with Gasteiger partial charge in [-0.05, 0) is 22.5 Å². The number of rotatable bonds is 3. The van der Waals surface area contributed by atoms with E-state index >= 15 is 0 Å². The summed E-state index contributed by atoms with van der Waals surface area (Å²) < 4.78 is 0. The van der Waals surface area contributed by atoms with Crippen molar-refractivity contribution in [3.63, 3.8) is 0 Å². The Morgan fingerprint density at radius 1 is 0.846 bits per heavy atom. The minimum absolute atomic E-state index is 0.203. The van der Waals surface area contributed by atoms with Gasteiger partial charge in [0.25, 0.3) is 0 Å². The Kier molecular flexibility index (Phi) is 14.5. The van der Waals surface area contributed by atoms with Gasteiger partial charge >= 0.3 is 37.9 Å². The van der Waals surface area contributed by atoms with E-state index in [1.807, 2.05) is 0 Å². The number of aryl methyl sites for hydroxylation is 1. The van der Waals surface area contributed by atoms with Gasteiger partial charge in [0.15, 0.2) is 0 Å². The molecule has 0 aliphatic rings. The summed E-state index contributed by atoms with van der Waals surface area (Å²) >= 11 is -0.826. The van der Waals surface area contributed by atoms with Crippen molar-refractivity contribution in [3.8, 4) is 11.1 Å². The van der Waals surface area contributed by atoms with Crippen LogP contribution < -0.4 is 0 Å². The molecule has 2 radical (unpaired) electrons. The van der Waals surface area contributed by atoms with Crippen molar-refractivity contribution >= 4 is 48.1 Å². The predicted octanol–water partition coefficient (Wildman–Crippen LogP) is 12.1. The molecule has 0 bridgehead atoms. The topological polar surface area (TPSA) is 0 Å². The molecule has 4 heteroatoms. The second-order valence-corrected chi connectivity index (χ2v) is 15.7. The zero-order valence-corrected chi connectivity index (χ0v) is 29.7. The summed E-state index contributed by atoms with van der Waals surface area (Å²) in [7, 11) is 11.0. The summed E-state index contributed by atoms with van der Waals surface area (Å²) in [5.74, 6) is 0.624. The molecule has 0 fully saturated rings. The Morgan fingerprint density at radius 2 is 1.44 bits per heavy atom. The number of hydrogen-bond acceptors (Lipinski definition) is 0. The molecule has 5 aromatic carbocycles. The van der Waals surface area contributed by atoms with E-state index in [1.165, 1.54) is 55.8 Å². The third-order valence-electron chi connectivity index (χ3n) is 6.78. The van der Waals surface area contributed by atoms with Gasteiger partial charge in [-0.3, -0.25) is 0 Å². The quantitative estimate of drug-likeness (QED) is 0.134. The summed E-state index contributed by atoms with van der Waals surface area (Å²) in [5, 5.41) is 5.43. The van der Waals surface area contributed by atoms with Gasteiger partial charge in [0, 0.05) is 9.52 Å². The molecule has 0 N–H and O–H groups in total. The van der Waals surface area contributed by atoms with Crippen LogP contribution in [0.4, 0.5) is 0 Å². The van der Waals surface area contributed by atoms with Crippen molar-refractivity contribution in [3.05, 3.63) is 108 Å². The fourth-order valence-electron chi connectivity index (χ4n) is 4.49. The van der Waals surface area contributed by atoms with Crippen molar-refractivity contribution in [1.29, 1.82) is 0 Å². The van der Waals surface area contributed by atoms with Crippen molar-refractivity contribution in [2.45, 2.75) is 72.4 Å². The average Bonchev–Trinajstić information content (AvgIpc) is 3.52. The van der Waals surface area contributed by atoms with Crippen LogP contribution in [-0.2, 0) is 26.3 Å². The Morgan fingerprint density at radius 3 is 2.00 bits per heavy atom. The zero-order chi connectivity index (χ0) is 29.0. The Bertz CT molecular complexity index is 1350. The molecule has 0 spiro atoms. The summed E-state index contributed by atoms with van der Waals surface area (Å²) in [6.07, 6.45) is 1.19. The molecule has 39 heavy (non-hydrogen) atoms. The van der Waals surface area contributed by atoms with E-state index in [4.69, 9.17) is 17.0 Å². The first-order chi connectivity index (χ1) is 18.6. The van der Waals surface area contributed by atoms with Crippen LogP contribution in [0.15, 0.2) is 91.0 Å². The normalized spacial score (nSPS) is 11.3. The SMILES string of the molecule is CCC(C)c1cc2c(-c3ccc(C(C)(C)C)cc3)cccc2[cH-]1.C[Si]C.Cc1cc2ccccc2[cH-]1.[Cl][Zr+2][Cl]. The molecule has 0 aliphatic carbocycles. The molecule has 1 unspecified atom stereocenters. The molecule has 0 aliphatic heterocycles. The van der Waals surface area contributed by atoms with Crippen LogP contribution in [0.5, 0.6) is 0 Å². The minimum atomic E-state index is -0.826. The van der Waals surface area contributed by atoms with Gasteiger partial charge in [-0.25, -0.2) is 0 Å². The van der Waals surface area contributed by atoms with E-state index in [0.717, 1.165) is 9.52 Å². The van der Waals surface area contributed by atoms with Gasteiger partial charge in [0.1, 0.15) is 0 Å².